The fourth-order valence-corrected chi connectivity index (χ4v) is 0.275. The van der Waals surface area contributed by atoms with E-state index in [1.165, 1.54) is 0 Å². The molecule has 4 N–H and O–H groups in total. The average Bonchev–Trinajstić information content (AvgIpc) is 1.63. The Hall–Kier alpha value is -0.100. The zero-order chi connectivity index (χ0) is 7.44. The van der Waals surface area contributed by atoms with Crippen LogP contribution in [0, 0.1) is 0 Å². The predicted molar refractivity (Wildman–Crippen MR) is 27.9 cm³/mol. The van der Waals surface area contributed by atoms with Gasteiger partial charge in [0.1, 0.15) is 6.04 Å². The minimum absolute atomic E-state index is 0. The first-order valence-electron chi connectivity index (χ1n) is 2.24. The van der Waals surface area contributed by atoms with Crippen molar-refractivity contribution in [2.24, 2.45) is 5.73 Å². The molecule has 0 aliphatic rings. The molecule has 0 aliphatic heterocycles. The summed E-state index contributed by atoms with van der Waals surface area (Å²) in [4.78, 5) is 19.6. The van der Waals surface area contributed by atoms with Gasteiger partial charge in [0.25, 0.3) is 0 Å². The van der Waals surface area contributed by atoms with E-state index in [-0.39, 0.29) is 29.6 Å². The smallest absolute Gasteiger partial charge is 0.481 e. The second-order valence-electron chi connectivity index (χ2n) is 1.54. The summed E-state index contributed by atoms with van der Waals surface area (Å²) in [6.45, 7) is 0. The van der Waals surface area contributed by atoms with Crippen LogP contribution in [-0.2, 0) is 9.59 Å². The maximum absolute atomic E-state index is 9.85. The van der Waals surface area contributed by atoms with Gasteiger partial charge in [0.2, 0.25) is 0 Å². The normalized spacial score (nSPS) is 11.3. The summed E-state index contributed by atoms with van der Waals surface area (Å²) >= 11 is 0. The van der Waals surface area contributed by atoms with E-state index in [0.717, 1.165) is 0 Å². The molecule has 0 saturated heterocycles. The zero-order valence-electron chi connectivity index (χ0n) is 5.57. The number of carboxylic acids is 2. The minimum atomic E-state index is -1.29. The van der Waals surface area contributed by atoms with Crippen LogP contribution in [0.3, 0.4) is 0 Å². The second kappa shape index (κ2) is 5.67. The van der Waals surface area contributed by atoms with Crippen LogP contribution in [0.5, 0.6) is 0 Å². The first kappa shape index (κ1) is 12.6. The molecule has 0 aliphatic carbocycles. The third kappa shape index (κ3) is 6.03. The van der Waals surface area contributed by atoms with Crippen LogP contribution in [0.1, 0.15) is 6.42 Å². The molecule has 0 bridgehead atoms. The SMILES string of the molecule is NC(CC(=O)O)C(=O)O.[Na+]. The molecule has 5 nitrogen and oxygen atoms in total. The van der Waals surface area contributed by atoms with E-state index in [1.807, 2.05) is 0 Å². The van der Waals surface area contributed by atoms with Crippen LogP contribution >= 0.6 is 0 Å². The van der Waals surface area contributed by atoms with Crippen molar-refractivity contribution in [1.82, 2.24) is 0 Å². The largest absolute Gasteiger partial charge is 1.00 e. The zero-order valence-corrected chi connectivity index (χ0v) is 7.57. The monoisotopic (exact) mass is 156 g/mol. The Balaban J connectivity index is 0. The molecule has 0 fully saturated rings. The molecular formula is C4H7NNaO4+. The van der Waals surface area contributed by atoms with Crippen molar-refractivity contribution in [2.75, 3.05) is 0 Å². The van der Waals surface area contributed by atoms with Crippen molar-refractivity contribution in [1.29, 1.82) is 0 Å². The van der Waals surface area contributed by atoms with Gasteiger partial charge in [-0.05, 0) is 0 Å². The van der Waals surface area contributed by atoms with Crippen molar-refractivity contribution in [2.45, 2.75) is 12.5 Å². The van der Waals surface area contributed by atoms with Gasteiger partial charge in [-0.2, -0.15) is 0 Å². The van der Waals surface area contributed by atoms with E-state index in [4.69, 9.17) is 15.9 Å². The van der Waals surface area contributed by atoms with Crippen LogP contribution in [-0.4, -0.2) is 28.2 Å². The van der Waals surface area contributed by atoms with Gasteiger partial charge in [0.05, 0.1) is 6.42 Å². The molecule has 0 aromatic heterocycles. The second-order valence-corrected chi connectivity index (χ2v) is 1.54. The molecule has 0 amide bonds. The topological polar surface area (TPSA) is 101 Å². The number of carboxylic acid groups (broad SMARTS) is 2. The number of carbonyl (C=O) groups is 2. The molecule has 1 unspecified atom stereocenters. The molecule has 0 aromatic carbocycles. The third-order valence-electron chi connectivity index (χ3n) is 0.712. The van der Waals surface area contributed by atoms with Crippen molar-refractivity contribution < 1.29 is 49.4 Å². The number of nitrogens with two attached hydrogens (primary N) is 1. The van der Waals surface area contributed by atoms with Crippen LogP contribution in [0.4, 0.5) is 0 Å². The summed E-state index contributed by atoms with van der Waals surface area (Å²) in [6.07, 6.45) is -0.532. The fraction of sp³-hybridized carbons (Fsp3) is 0.500. The van der Waals surface area contributed by atoms with Gasteiger partial charge >= 0.3 is 41.5 Å². The van der Waals surface area contributed by atoms with E-state index in [1.54, 1.807) is 0 Å². The summed E-state index contributed by atoms with van der Waals surface area (Å²) in [5, 5.41) is 16.0. The van der Waals surface area contributed by atoms with Crippen molar-refractivity contribution in [3.63, 3.8) is 0 Å². The number of hydrogen-bond donors (Lipinski definition) is 3. The summed E-state index contributed by atoms with van der Waals surface area (Å²) in [5.74, 6) is -2.50. The summed E-state index contributed by atoms with van der Waals surface area (Å²) in [5.41, 5.74) is 4.84. The van der Waals surface area contributed by atoms with Gasteiger partial charge < -0.3 is 15.9 Å². The Morgan fingerprint density at radius 1 is 1.40 bits per heavy atom. The molecule has 0 heterocycles. The Labute approximate surface area is 79.5 Å². The number of hydrogen-bond acceptors (Lipinski definition) is 3. The van der Waals surface area contributed by atoms with Crippen LogP contribution < -0.4 is 35.3 Å². The maximum Gasteiger partial charge on any atom is 1.00 e. The first-order valence-corrected chi connectivity index (χ1v) is 2.24. The van der Waals surface area contributed by atoms with Gasteiger partial charge in [-0.15, -0.1) is 0 Å². The van der Waals surface area contributed by atoms with Crippen molar-refractivity contribution >= 4 is 11.9 Å². The van der Waals surface area contributed by atoms with Gasteiger partial charge in [0.15, 0.2) is 0 Å². The molecule has 1 atom stereocenters. The molecule has 10 heavy (non-hydrogen) atoms. The van der Waals surface area contributed by atoms with E-state index in [0.29, 0.717) is 0 Å². The summed E-state index contributed by atoms with van der Waals surface area (Å²) in [7, 11) is 0. The molecule has 0 saturated carbocycles. The predicted octanol–water partition coefficient (Wildman–Crippen LogP) is -4.12. The summed E-state index contributed by atoms with van der Waals surface area (Å²) in [6, 6.07) is -1.29. The van der Waals surface area contributed by atoms with Gasteiger partial charge in [-0.1, -0.05) is 0 Å². The Morgan fingerprint density at radius 2 is 1.80 bits per heavy atom. The van der Waals surface area contributed by atoms with E-state index >= 15 is 0 Å². The molecule has 6 heteroatoms. The maximum atomic E-state index is 9.85. The van der Waals surface area contributed by atoms with Crippen LogP contribution in [0.2, 0.25) is 0 Å². The number of aliphatic carboxylic acids is 2. The fourth-order valence-electron chi connectivity index (χ4n) is 0.275. The van der Waals surface area contributed by atoms with Crippen molar-refractivity contribution in [3.05, 3.63) is 0 Å². The molecule has 0 spiro atoms. The number of rotatable bonds is 3. The standard InChI is InChI=1S/C4H7NO4.Na/c5-2(4(8)9)1-3(6)7;/h2H,1,5H2,(H,6,7)(H,8,9);/q;+1. The van der Waals surface area contributed by atoms with E-state index < -0.39 is 24.4 Å². The average molecular weight is 156 g/mol. The van der Waals surface area contributed by atoms with Gasteiger partial charge in [0, 0.05) is 0 Å². The van der Waals surface area contributed by atoms with E-state index in [2.05, 4.69) is 0 Å². The summed E-state index contributed by atoms with van der Waals surface area (Å²) < 4.78 is 0. The quantitative estimate of drug-likeness (QED) is 0.360. The van der Waals surface area contributed by atoms with Gasteiger partial charge in [-0.3, -0.25) is 9.59 Å². The van der Waals surface area contributed by atoms with E-state index in [9.17, 15) is 9.59 Å². The van der Waals surface area contributed by atoms with Crippen molar-refractivity contribution in [3.8, 4) is 0 Å². The Kier molecular flexibility index (Phi) is 7.12. The Bertz CT molecular complexity index is 137. The van der Waals surface area contributed by atoms with Crippen LogP contribution in [0.25, 0.3) is 0 Å². The van der Waals surface area contributed by atoms with Gasteiger partial charge in [-0.25, -0.2) is 0 Å². The molecule has 52 valence electrons. The molecule has 0 rings (SSSR count). The first-order chi connectivity index (χ1) is 4.04. The third-order valence-corrected chi connectivity index (χ3v) is 0.712. The van der Waals surface area contributed by atoms with Crippen LogP contribution in [0.15, 0.2) is 0 Å². The molecule has 0 aromatic rings. The molecular weight excluding hydrogens is 149 g/mol. The minimum Gasteiger partial charge on any atom is -0.481 e. The molecule has 0 radical (unpaired) electrons. The Morgan fingerprint density at radius 3 is 1.90 bits per heavy atom.